The number of hydrogen-bond acceptors (Lipinski definition) is 5. The standard InChI is InChI=1S/C17H19N5O/c1-12-4-2-3-7-22(12)16-6-5-14(17(20)23)8-15(16)21-11-13(9-18)10-19/h5-6,8,11-12,21H,2-4,7H2,1H3,(H2,20,23). The molecule has 1 unspecified atom stereocenters. The van der Waals surface area contributed by atoms with Gasteiger partial charge in [-0.15, -0.1) is 0 Å². The Kier molecular flexibility index (Phi) is 5.22. The van der Waals surface area contributed by atoms with Crippen molar-refractivity contribution in [1.29, 1.82) is 10.5 Å². The molecular weight excluding hydrogens is 290 g/mol. The Balaban J connectivity index is 2.41. The van der Waals surface area contributed by atoms with Gasteiger partial charge in [0.05, 0.1) is 11.4 Å². The summed E-state index contributed by atoms with van der Waals surface area (Å²) in [5.74, 6) is -0.518. The first-order chi connectivity index (χ1) is 11.1. The maximum atomic E-state index is 11.4. The number of benzene rings is 1. The highest BCUT2D eigenvalue weighted by Crippen LogP contribution is 2.32. The van der Waals surface area contributed by atoms with E-state index in [1.54, 1.807) is 24.3 Å². The van der Waals surface area contributed by atoms with E-state index in [9.17, 15) is 4.79 Å². The number of primary amides is 1. The van der Waals surface area contributed by atoms with Gasteiger partial charge in [-0.2, -0.15) is 10.5 Å². The first-order valence-electron chi connectivity index (χ1n) is 7.54. The number of carbonyl (C=O) groups excluding carboxylic acids is 1. The minimum absolute atomic E-state index is 0.0351. The number of rotatable bonds is 4. The molecular formula is C17H19N5O. The van der Waals surface area contributed by atoms with Crippen LogP contribution >= 0.6 is 0 Å². The quantitative estimate of drug-likeness (QED) is 0.831. The third-order valence-corrected chi connectivity index (χ3v) is 4.01. The lowest BCUT2D eigenvalue weighted by molar-refractivity contribution is 0.100. The number of allylic oxidation sites excluding steroid dienone is 1. The largest absolute Gasteiger partial charge is 0.367 e. The summed E-state index contributed by atoms with van der Waals surface area (Å²) in [5.41, 5.74) is 7.29. The van der Waals surface area contributed by atoms with E-state index in [2.05, 4.69) is 17.1 Å². The smallest absolute Gasteiger partial charge is 0.248 e. The maximum Gasteiger partial charge on any atom is 0.248 e. The first-order valence-corrected chi connectivity index (χ1v) is 7.54. The molecule has 3 N–H and O–H groups in total. The summed E-state index contributed by atoms with van der Waals surface area (Å²) < 4.78 is 0. The molecule has 1 aromatic carbocycles. The molecule has 2 rings (SSSR count). The number of nitrogens with one attached hydrogen (secondary N) is 1. The number of nitrogens with two attached hydrogens (primary N) is 1. The fourth-order valence-corrected chi connectivity index (χ4v) is 2.75. The van der Waals surface area contributed by atoms with Gasteiger partial charge in [-0.25, -0.2) is 0 Å². The number of anilines is 2. The normalized spacial score (nSPS) is 16.8. The third kappa shape index (κ3) is 3.81. The van der Waals surface area contributed by atoms with Crippen molar-refractivity contribution in [2.75, 3.05) is 16.8 Å². The van der Waals surface area contributed by atoms with Crippen molar-refractivity contribution in [3.63, 3.8) is 0 Å². The van der Waals surface area contributed by atoms with Crippen LogP contribution in [0.25, 0.3) is 0 Å². The predicted molar refractivity (Wildman–Crippen MR) is 88.6 cm³/mol. The minimum atomic E-state index is -0.518. The molecule has 0 saturated carbocycles. The molecule has 1 heterocycles. The van der Waals surface area contributed by atoms with Crippen LogP contribution in [0.3, 0.4) is 0 Å². The second-order valence-corrected chi connectivity index (χ2v) is 5.56. The fourth-order valence-electron chi connectivity index (χ4n) is 2.75. The van der Waals surface area contributed by atoms with Crippen LogP contribution in [-0.4, -0.2) is 18.5 Å². The summed E-state index contributed by atoms with van der Waals surface area (Å²) in [6, 6.07) is 9.20. The average Bonchev–Trinajstić information content (AvgIpc) is 2.56. The van der Waals surface area contributed by atoms with Gasteiger partial charge in [0, 0.05) is 24.4 Å². The van der Waals surface area contributed by atoms with E-state index in [0.717, 1.165) is 25.1 Å². The average molecular weight is 309 g/mol. The number of nitrogens with zero attached hydrogens (tertiary/aromatic N) is 3. The molecule has 0 aliphatic carbocycles. The van der Waals surface area contributed by atoms with E-state index in [0.29, 0.717) is 17.3 Å². The summed E-state index contributed by atoms with van der Waals surface area (Å²) in [5, 5.41) is 20.7. The van der Waals surface area contributed by atoms with Gasteiger partial charge in [0.2, 0.25) is 5.91 Å². The van der Waals surface area contributed by atoms with Crippen molar-refractivity contribution in [3.8, 4) is 12.1 Å². The van der Waals surface area contributed by atoms with Gasteiger partial charge >= 0.3 is 0 Å². The molecule has 6 nitrogen and oxygen atoms in total. The zero-order valence-corrected chi connectivity index (χ0v) is 13.0. The Bertz CT molecular complexity index is 695. The van der Waals surface area contributed by atoms with Crippen molar-refractivity contribution < 1.29 is 4.79 Å². The zero-order valence-electron chi connectivity index (χ0n) is 13.0. The molecule has 1 fully saturated rings. The molecule has 1 aromatic rings. The summed E-state index contributed by atoms with van der Waals surface area (Å²) in [7, 11) is 0. The molecule has 1 aliphatic heterocycles. The topological polar surface area (TPSA) is 106 Å². The molecule has 118 valence electrons. The van der Waals surface area contributed by atoms with Gasteiger partial charge in [0.1, 0.15) is 17.7 Å². The lowest BCUT2D eigenvalue weighted by atomic mass is 10.0. The maximum absolute atomic E-state index is 11.4. The first kappa shape index (κ1) is 16.4. The van der Waals surface area contributed by atoms with E-state index in [1.165, 1.54) is 12.6 Å². The number of hydrogen-bond donors (Lipinski definition) is 2. The lowest BCUT2D eigenvalue weighted by Crippen LogP contribution is -2.37. The molecule has 23 heavy (non-hydrogen) atoms. The highest BCUT2D eigenvalue weighted by atomic mass is 16.1. The molecule has 6 heteroatoms. The van der Waals surface area contributed by atoms with Crippen LogP contribution in [0.1, 0.15) is 36.5 Å². The van der Waals surface area contributed by atoms with E-state index in [4.69, 9.17) is 16.3 Å². The van der Waals surface area contributed by atoms with Crippen LogP contribution in [0.2, 0.25) is 0 Å². The molecule has 0 aromatic heterocycles. The monoisotopic (exact) mass is 309 g/mol. The molecule has 0 spiro atoms. The summed E-state index contributed by atoms with van der Waals surface area (Å²) in [4.78, 5) is 13.7. The Morgan fingerprint density at radius 2 is 2.13 bits per heavy atom. The van der Waals surface area contributed by atoms with Gasteiger partial charge in [-0.3, -0.25) is 4.79 Å². The highest BCUT2D eigenvalue weighted by molar-refractivity contribution is 5.95. The molecule has 0 bridgehead atoms. The molecule has 1 atom stereocenters. The summed E-state index contributed by atoms with van der Waals surface area (Å²) >= 11 is 0. The Morgan fingerprint density at radius 3 is 2.74 bits per heavy atom. The highest BCUT2D eigenvalue weighted by Gasteiger charge is 2.21. The SMILES string of the molecule is CC1CCCCN1c1ccc(C(N)=O)cc1NC=C(C#N)C#N. The molecule has 1 aliphatic rings. The van der Waals surface area contributed by atoms with Crippen LogP contribution < -0.4 is 16.0 Å². The molecule has 1 amide bonds. The second-order valence-electron chi connectivity index (χ2n) is 5.56. The summed E-state index contributed by atoms with van der Waals surface area (Å²) in [6.45, 7) is 3.09. The van der Waals surface area contributed by atoms with E-state index in [-0.39, 0.29) is 5.57 Å². The fraction of sp³-hybridized carbons (Fsp3) is 0.353. The minimum Gasteiger partial charge on any atom is -0.367 e. The van der Waals surface area contributed by atoms with Gasteiger partial charge in [-0.05, 0) is 44.4 Å². The van der Waals surface area contributed by atoms with Crippen LogP contribution in [0, 0.1) is 22.7 Å². The van der Waals surface area contributed by atoms with Gasteiger partial charge in [0.15, 0.2) is 0 Å². The van der Waals surface area contributed by atoms with Gasteiger partial charge in [-0.1, -0.05) is 0 Å². The van der Waals surface area contributed by atoms with Crippen LogP contribution in [-0.2, 0) is 0 Å². The zero-order chi connectivity index (χ0) is 16.8. The number of nitriles is 2. The Labute approximate surface area is 135 Å². The van der Waals surface area contributed by atoms with Crippen LogP contribution in [0.4, 0.5) is 11.4 Å². The lowest BCUT2D eigenvalue weighted by Gasteiger charge is -2.36. The second kappa shape index (κ2) is 7.33. The number of amides is 1. The van der Waals surface area contributed by atoms with Crippen molar-refractivity contribution in [2.24, 2.45) is 5.73 Å². The van der Waals surface area contributed by atoms with Crippen LogP contribution in [0.5, 0.6) is 0 Å². The Morgan fingerprint density at radius 1 is 1.39 bits per heavy atom. The predicted octanol–water partition coefficient (Wildman–Crippen LogP) is 2.51. The third-order valence-electron chi connectivity index (χ3n) is 4.01. The van der Waals surface area contributed by atoms with Gasteiger partial charge < -0.3 is 16.0 Å². The van der Waals surface area contributed by atoms with E-state index in [1.807, 2.05) is 6.07 Å². The molecule has 1 saturated heterocycles. The van der Waals surface area contributed by atoms with Crippen molar-refractivity contribution in [3.05, 3.63) is 35.5 Å². The number of piperidine rings is 1. The van der Waals surface area contributed by atoms with Crippen LogP contribution in [0.15, 0.2) is 30.0 Å². The molecule has 0 radical (unpaired) electrons. The Hall–Kier alpha value is -2.99. The summed E-state index contributed by atoms with van der Waals surface area (Å²) in [6.07, 6.45) is 4.76. The van der Waals surface area contributed by atoms with Crippen molar-refractivity contribution in [1.82, 2.24) is 0 Å². The van der Waals surface area contributed by atoms with Crippen molar-refractivity contribution >= 4 is 17.3 Å². The van der Waals surface area contributed by atoms with E-state index < -0.39 is 5.91 Å². The van der Waals surface area contributed by atoms with Crippen molar-refractivity contribution in [2.45, 2.75) is 32.2 Å². The van der Waals surface area contributed by atoms with Gasteiger partial charge in [0.25, 0.3) is 0 Å². The number of carbonyl (C=O) groups is 1. The van der Waals surface area contributed by atoms with E-state index >= 15 is 0 Å².